The number of aromatic amines is 1. The minimum Gasteiger partial charge on any atom is -0.379 e. The van der Waals surface area contributed by atoms with E-state index in [0.29, 0.717) is 5.92 Å². The number of nitrogens with one attached hydrogen (secondary N) is 1. The molecule has 1 aliphatic heterocycles. The monoisotopic (exact) mass is 426 g/mol. The molecule has 0 bridgehead atoms. The summed E-state index contributed by atoms with van der Waals surface area (Å²) in [5.74, 6) is 0.710. The Morgan fingerprint density at radius 3 is 2.69 bits per heavy atom. The molecular weight excluding hydrogens is 396 g/mol. The fraction of sp³-hybridized carbons (Fsp3) is 0.407. The minimum absolute atomic E-state index is 0.710. The Balaban J connectivity index is 1.24. The molecule has 164 valence electrons. The van der Waals surface area contributed by atoms with Gasteiger partial charge in [0.05, 0.1) is 24.4 Å². The normalized spacial score (nSPS) is 22.5. The molecule has 1 aliphatic carbocycles. The lowest BCUT2D eigenvalue weighted by molar-refractivity contribution is 0.00494. The summed E-state index contributed by atoms with van der Waals surface area (Å²) in [5.41, 5.74) is 5.90. The van der Waals surface area contributed by atoms with Crippen molar-refractivity contribution in [2.24, 2.45) is 5.92 Å². The van der Waals surface area contributed by atoms with E-state index in [1.54, 1.807) is 6.33 Å². The lowest BCUT2D eigenvalue weighted by Gasteiger charge is -2.38. The summed E-state index contributed by atoms with van der Waals surface area (Å²) < 4.78 is 5.53. The predicted octanol–water partition coefficient (Wildman–Crippen LogP) is 5.21. The van der Waals surface area contributed by atoms with Gasteiger partial charge in [0.25, 0.3) is 0 Å². The van der Waals surface area contributed by atoms with Gasteiger partial charge in [0.1, 0.15) is 6.33 Å². The Hall–Kier alpha value is -2.76. The Kier molecular flexibility index (Phi) is 5.37. The molecule has 32 heavy (non-hydrogen) atoms. The molecule has 2 aromatic heterocycles. The molecule has 0 spiro atoms. The van der Waals surface area contributed by atoms with Crippen molar-refractivity contribution in [1.29, 1.82) is 0 Å². The number of benzene rings is 2. The summed E-state index contributed by atoms with van der Waals surface area (Å²) in [6.07, 6.45) is 9.97. The van der Waals surface area contributed by atoms with Gasteiger partial charge in [-0.3, -0.25) is 4.90 Å². The van der Waals surface area contributed by atoms with E-state index >= 15 is 0 Å². The highest BCUT2D eigenvalue weighted by Crippen LogP contribution is 2.34. The molecule has 0 atom stereocenters. The summed E-state index contributed by atoms with van der Waals surface area (Å²) in [4.78, 5) is 15.3. The van der Waals surface area contributed by atoms with E-state index in [2.05, 4.69) is 57.3 Å². The summed E-state index contributed by atoms with van der Waals surface area (Å²) >= 11 is 0. The topological polar surface area (TPSA) is 54.0 Å². The molecular formula is C27H30N4O. The lowest BCUT2D eigenvalue weighted by Crippen LogP contribution is -2.45. The maximum absolute atomic E-state index is 5.53. The van der Waals surface area contributed by atoms with Gasteiger partial charge in [0.2, 0.25) is 0 Å². The van der Waals surface area contributed by atoms with Crippen molar-refractivity contribution in [2.75, 3.05) is 26.3 Å². The summed E-state index contributed by atoms with van der Waals surface area (Å²) in [6.45, 7) is 3.99. The highest BCUT2D eigenvalue weighted by Gasteiger charge is 2.27. The first-order valence-electron chi connectivity index (χ1n) is 12.0. The number of fused-ring (bicyclic) bond motifs is 2. The molecule has 0 radical (unpaired) electrons. The van der Waals surface area contributed by atoms with Gasteiger partial charge in [0, 0.05) is 41.6 Å². The summed E-state index contributed by atoms with van der Waals surface area (Å²) in [6, 6.07) is 16.0. The highest BCUT2D eigenvalue weighted by atomic mass is 16.5. The molecule has 5 heteroatoms. The van der Waals surface area contributed by atoms with Crippen molar-refractivity contribution in [3.8, 4) is 11.1 Å². The first kappa shape index (κ1) is 19.9. The largest absolute Gasteiger partial charge is 0.379 e. The molecule has 1 N–H and O–H groups in total. The van der Waals surface area contributed by atoms with Crippen LogP contribution in [0.5, 0.6) is 0 Å². The second kappa shape index (κ2) is 8.64. The van der Waals surface area contributed by atoms with Crippen LogP contribution in [0.2, 0.25) is 0 Å². The van der Waals surface area contributed by atoms with E-state index in [0.717, 1.165) is 44.3 Å². The van der Waals surface area contributed by atoms with Gasteiger partial charge in [-0.15, -0.1) is 0 Å². The van der Waals surface area contributed by atoms with E-state index in [1.807, 2.05) is 6.20 Å². The van der Waals surface area contributed by atoms with Crippen LogP contribution in [0.3, 0.4) is 0 Å². The van der Waals surface area contributed by atoms with Gasteiger partial charge in [-0.05, 0) is 73.4 Å². The number of morpholine rings is 1. The van der Waals surface area contributed by atoms with Crippen LogP contribution < -0.4 is 0 Å². The van der Waals surface area contributed by atoms with Crippen LogP contribution in [0.1, 0.15) is 31.4 Å². The number of hydrogen-bond acceptors (Lipinski definition) is 4. The number of ether oxygens (including phenoxy) is 1. The van der Waals surface area contributed by atoms with E-state index in [1.165, 1.54) is 58.8 Å². The van der Waals surface area contributed by atoms with Crippen molar-refractivity contribution in [2.45, 2.75) is 38.1 Å². The van der Waals surface area contributed by atoms with Crippen LogP contribution in [0, 0.1) is 5.92 Å². The van der Waals surface area contributed by atoms with E-state index in [4.69, 9.17) is 9.72 Å². The fourth-order valence-electron chi connectivity index (χ4n) is 5.71. The van der Waals surface area contributed by atoms with Crippen LogP contribution >= 0.6 is 0 Å². The molecule has 3 heterocycles. The van der Waals surface area contributed by atoms with Crippen molar-refractivity contribution in [3.05, 3.63) is 60.7 Å². The van der Waals surface area contributed by atoms with Crippen molar-refractivity contribution in [1.82, 2.24) is 19.9 Å². The van der Waals surface area contributed by atoms with Gasteiger partial charge in [-0.1, -0.05) is 18.2 Å². The average molecular weight is 427 g/mol. The molecule has 1 saturated carbocycles. The molecule has 5 nitrogen and oxygen atoms in total. The van der Waals surface area contributed by atoms with Crippen LogP contribution in [-0.2, 0) is 11.2 Å². The predicted molar refractivity (Wildman–Crippen MR) is 129 cm³/mol. The second-order valence-corrected chi connectivity index (χ2v) is 9.32. The SMILES string of the molecule is c1cc(-c2ccc3ncnc(C[C@H]4CC[C@H](N5CCOCC5)CC4)c3c2)c2cc[nH]c2c1. The van der Waals surface area contributed by atoms with E-state index in [-0.39, 0.29) is 0 Å². The van der Waals surface area contributed by atoms with Crippen molar-refractivity contribution < 1.29 is 4.74 Å². The smallest absolute Gasteiger partial charge is 0.116 e. The Labute approximate surface area is 188 Å². The van der Waals surface area contributed by atoms with Gasteiger partial charge in [-0.2, -0.15) is 0 Å². The third-order valence-electron chi connectivity index (χ3n) is 7.48. The Bertz CT molecular complexity index is 1220. The minimum atomic E-state index is 0.710. The van der Waals surface area contributed by atoms with E-state index in [9.17, 15) is 0 Å². The Morgan fingerprint density at radius 2 is 1.81 bits per heavy atom. The molecule has 2 aliphatic rings. The standard InChI is InChI=1S/C27H30N4O/c1-2-22(23-10-11-28-25(23)3-1)20-6-9-26-24(17-20)27(30-18-29-26)16-19-4-7-21(8-5-19)31-12-14-32-15-13-31/h1-3,6,9-11,17-19,21,28H,4-5,7-8,12-16H2/t19-,21-. The third-order valence-corrected chi connectivity index (χ3v) is 7.48. The number of aromatic nitrogens is 3. The van der Waals surface area contributed by atoms with Crippen LogP contribution in [0.15, 0.2) is 55.0 Å². The van der Waals surface area contributed by atoms with Crippen LogP contribution in [-0.4, -0.2) is 52.2 Å². The molecule has 2 aromatic carbocycles. The first-order chi connectivity index (χ1) is 15.8. The van der Waals surface area contributed by atoms with Crippen LogP contribution in [0.25, 0.3) is 32.9 Å². The summed E-state index contributed by atoms with van der Waals surface area (Å²) in [7, 11) is 0. The maximum Gasteiger partial charge on any atom is 0.116 e. The number of rotatable bonds is 4. The van der Waals surface area contributed by atoms with Gasteiger partial charge >= 0.3 is 0 Å². The second-order valence-electron chi connectivity index (χ2n) is 9.32. The van der Waals surface area contributed by atoms with Crippen LogP contribution in [0.4, 0.5) is 0 Å². The zero-order valence-electron chi connectivity index (χ0n) is 18.5. The zero-order chi connectivity index (χ0) is 21.3. The van der Waals surface area contributed by atoms with E-state index < -0.39 is 0 Å². The average Bonchev–Trinajstić information content (AvgIpc) is 3.34. The van der Waals surface area contributed by atoms with Gasteiger partial charge in [-0.25, -0.2) is 9.97 Å². The maximum atomic E-state index is 5.53. The highest BCUT2D eigenvalue weighted by molar-refractivity contribution is 5.97. The third kappa shape index (κ3) is 3.80. The lowest BCUT2D eigenvalue weighted by atomic mass is 9.82. The molecule has 0 amide bonds. The first-order valence-corrected chi connectivity index (χ1v) is 12.0. The number of H-pyrrole nitrogens is 1. The van der Waals surface area contributed by atoms with Gasteiger partial charge in [0.15, 0.2) is 0 Å². The van der Waals surface area contributed by atoms with Crippen molar-refractivity contribution >= 4 is 21.8 Å². The van der Waals surface area contributed by atoms with Gasteiger partial charge < -0.3 is 9.72 Å². The number of hydrogen-bond donors (Lipinski definition) is 1. The summed E-state index contributed by atoms with van der Waals surface area (Å²) in [5, 5.41) is 2.46. The molecule has 2 fully saturated rings. The molecule has 4 aromatic rings. The quantitative estimate of drug-likeness (QED) is 0.487. The number of nitrogens with zero attached hydrogens (tertiary/aromatic N) is 3. The fourth-order valence-corrected chi connectivity index (χ4v) is 5.71. The zero-order valence-corrected chi connectivity index (χ0v) is 18.5. The van der Waals surface area contributed by atoms with Crippen molar-refractivity contribution in [3.63, 3.8) is 0 Å². The molecule has 0 unspecified atom stereocenters. The molecule has 1 saturated heterocycles. The Morgan fingerprint density at radius 1 is 0.938 bits per heavy atom. The molecule has 6 rings (SSSR count).